The molecule has 3 aliphatic rings. The third-order valence-electron chi connectivity index (χ3n) is 4.15. The molecule has 1 aromatic rings. The highest BCUT2D eigenvalue weighted by Gasteiger charge is 2.35. The lowest BCUT2D eigenvalue weighted by atomic mass is 9.84. The van der Waals surface area contributed by atoms with Gasteiger partial charge in [-0.2, -0.15) is 0 Å². The van der Waals surface area contributed by atoms with Crippen LogP contribution >= 0.6 is 31.9 Å². The fourth-order valence-electron chi connectivity index (χ4n) is 3.05. The summed E-state index contributed by atoms with van der Waals surface area (Å²) in [6.45, 7) is 3.39. The first-order chi connectivity index (χ1) is 9.13. The summed E-state index contributed by atoms with van der Waals surface area (Å²) in [6, 6.07) is 5.99. The molecule has 19 heavy (non-hydrogen) atoms. The maximum atomic E-state index is 12.4. The topological polar surface area (TPSA) is 32.3 Å². The highest BCUT2D eigenvalue weighted by molar-refractivity contribution is 9.11. The van der Waals surface area contributed by atoms with Crippen molar-refractivity contribution in [3.8, 4) is 0 Å². The Hall–Kier alpha value is -0.390. The van der Waals surface area contributed by atoms with Crippen LogP contribution in [0.25, 0.3) is 0 Å². The lowest BCUT2D eigenvalue weighted by Gasteiger charge is -2.44. The van der Waals surface area contributed by atoms with Crippen LogP contribution in [-0.4, -0.2) is 36.5 Å². The second-order valence-corrected chi connectivity index (χ2v) is 7.11. The minimum Gasteiger partial charge on any atom is -0.348 e. The van der Waals surface area contributed by atoms with Crippen LogP contribution in [0.2, 0.25) is 0 Å². The highest BCUT2D eigenvalue weighted by atomic mass is 79.9. The molecule has 2 bridgehead atoms. The zero-order chi connectivity index (χ0) is 13.4. The van der Waals surface area contributed by atoms with E-state index in [0.717, 1.165) is 15.5 Å². The molecule has 1 atom stereocenters. The first-order valence-electron chi connectivity index (χ1n) is 6.62. The van der Waals surface area contributed by atoms with Crippen molar-refractivity contribution in [3.63, 3.8) is 0 Å². The number of carbonyl (C=O) groups is 1. The van der Waals surface area contributed by atoms with Crippen molar-refractivity contribution < 1.29 is 4.79 Å². The van der Waals surface area contributed by atoms with E-state index in [2.05, 4.69) is 42.1 Å². The predicted molar refractivity (Wildman–Crippen MR) is 82.3 cm³/mol. The van der Waals surface area contributed by atoms with Crippen molar-refractivity contribution >= 4 is 37.8 Å². The lowest BCUT2D eigenvalue weighted by Crippen LogP contribution is -2.57. The van der Waals surface area contributed by atoms with E-state index in [4.69, 9.17) is 0 Å². The molecule has 5 heteroatoms. The Bertz CT molecular complexity index is 498. The molecule has 3 saturated heterocycles. The van der Waals surface area contributed by atoms with Crippen LogP contribution in [0, 0.1) is 5.92 Å². The lowest BCUT2D eigenvalue weighted by molar-refractivity contribution is 0.0620. The van der Waals surface area contributed by atoms with Crippen molar-refractivity contribution in [1.29, 1.82) is 0 Å². The summed E-state index contributed by atoms with van der Waals surface area (Å²) in [6.07, 6.45) is 2.43. The quantitative estimate of drug-likeness (QED) is 0.845. The number of rotatable bonds is 2. The zero-order valence-corrected chi connectivity index (χ0v) is 13.7. The van der Waals surface area contributed by atoms with Gasteiger partial charge in [0.2, 0.25) is 0 Å². The van der Waals surface area contributed by atoms with Crippen LogP contribution in [0.15, 0.2) is 27.1 Å². The summed E-state index contributed by atoms with van der Waals surface area (Å²) in [7, 11) is 0. The summed E-state index contributed by atoms with van der Waals surface area (Å²) < 4.78 is 1.77. The molecule has 3 aliphatic heterocycles. The summed E-state index contributed by atoms with van der Waals surface area (Å²) in [4.78, 5) is 14.8. The van der Waals surface area contributed by atoms with Gasteiger partial charge in [0.25, 0.3) is 5.91 Å². The third-order valence-corrected chi connectivity index (χ3v) is 5.33. The number of benzene rings is 1. The normalized spacial score (nSPS) is 29.3. The van der Waals surface area contributed by atoms with Gasteiger partial charge in [-0.05, 0) is 66.0 Å². The molecule has 1 N–H and O–H groups in total. The van der Waals surface area contributed by atoms with Gasteiger partial charge in [-0.15, -0.1) is 0 Å². The standard InChI is InChI=1S/C14H16Br2N2O/c15-10-1-2-12(16)11(7-10)14(19)17-13-8-18-5-3-9(13)4-6-18/h1-2,7,9,13H,3-6,8H2,(H,17,19). The van der Waals surface area contributed by atoms with Crippen molar-refractivity contribution in [1.82, 2.24) is 10.2 Å². The Kier molecular flexibility index (Phi) is 3.96. The van der Waals surface area contributed by atoms with Gasteiger partial charge in [0.15, 0.2) is 0 Å². The predicted octanol–water partition coefficient (Wildman–Crippen LogP) is 3.04. The van der Waals surface area contributed by atoms with Gasteiger partial charge < -0.3 is 10.2 Å². The van der Waals surface area contributed by atoms with Gasteiger partial charge in [0.1, 0.15) is 0 Å². The van der Waals surface area contributed by atoms with Gasteiger partial charge in [-0.3, -0.25) is 4.79 Å². The van der Waals surface area contributed by atoms with Crippen LogP contribution in [0.1, 0.15) is 23.2 Å². The average molecular weight is 388 g/mol. The van der Waals surface area contributed by atoms with Crippen LogP contribution in [0.5, 0.6) is 0 Å². The van der Waals surface area contributed by atoms with Crippen LogP contribution in [-0.2, 0) is 0 Å². The van der Waals surface area contributed by atoms with Crippen molar-refractivity contribution in [2.45, 2.75) is 18.9 Å². The monoisotopic (exact) mass is 386 g/mol. The van der Waals surface area contributed by atoms with Gasteiger partial charge >= 0.3 is 0 Å². The molecule has 0 spiro atoms. The van der Waals surface area contributed by atoms with E-state index in [0.29, 0.717) is 17.5 Å². The van der Waals surface area contributed by atoms with Crippen LogP contribution in [0.4, 0.5) is 0 Å². The second kappa shape index (κ2) is 5.54. The van der Waals surface area contributed by atoms with E-state index in [1.54, 1.807) is 0 Å². The summed E-state index contributed by atoms with van der Waals surface area (Å²) in [5, 5.41) is 3.20. The van der Waals surface area contributed by atoms with E-state index in [9.17, 15) is 4.79 Å². The van der Waals surface area contributed by atoms with E-state index in [-0.39, 0.29) is 5.91 Å². The molecule has 0 aromatic heterocycles. The number of amides is 1. The number of hydrogen-bond acceptors (Lipinski definition) is 2. The molecule has 0 saturated carbocycles. The highest BCUT2D eigenvalue weighted by Crippen LogP contribution is 2.28. The number of hydrogen-bond donors (Lipinski definition) is 1. The minimum atomic E-state index is 0.0203. The van der Waals surface area contributed by atoms with Crippen LogP contribution < -0.4 is 5.32 Å². The van der Waals surface area contributed by atoms with Crippen molar-refractivity contribution in [2.75, 3.05) is 19.6 Å². The molecule has 1 unspecified atom stereocenters. The van der Waals surface area contributed by atoms with E-state index >= 15 is 0 Å². The van der Waals surface area contributed by atoms with Gasteiger partial charge in [0.05, 0.1) is 5.56 Å². The van der Waals surface area contributed by atoms with Gasteiger partial charge in [0, 0.05) is 21.5 Å². The summed E-state index contributed by atoms with van der Waals surface area (Å²) in [5.74, 6) is 0.673. The summed E-state index contributed by atoms with van der Waals surface area (Å²) in [5.41, 5.74) is 0.700. The van der Waals surface area contributed by atoms with E-state index < -0.39 is 0 Å². The number of carbonyl (C=O) groups excluding carboxylic acids is 1. The molecule has 3 nitrogen and oxygen atoms in total. The molecular formula is C14H16Br2N2O. The maximum Gasteiger partial charge on any atom is 0.252 e. The molecule has 0 radical (unpaired) electrons. The maximum absolute atomic E-state index is 12.4. The third kappa shape index (κ3) is 2.88. The first kappa shape index (κ1) is 13.6. The fraction of sp³-hybridized carbons (Fsp3) is 0.500. The number of halogens is 2. The first-order valence-corrected chi connectivity index (χ1v) is 8.20. The smallest absolute Gasteiger partial charge is 0.252 e. The second-order valence-electron chi connectivity index (χ2n) is 5.34. The molecule has 4 rings (SSSR count). The van der Waals surface area contributed by atoms with Crippen LogP contribution in [0.3, 0.4) is 0 Å². The Balaban J connectivity index is 1.73. The molecule has 1 aromatic carbocycles. The number of piperidine rings is 3. The van der Waals surface area contributed by atoms with Crippen molar-refractivity contribution in [2.24, 2.45) is 5.92 Å². The van der Waals surface area contributed by atoms with Gasteiger partial charge in [-0.1, -0.05) is 15.9 Å². The molecule has 102 valence electrons. The molecular weight excluding hydrogens is 372 g/mol. The number of nitrogens with one attached hydrogen (secondary N) is 1. The Morgan fingerprint density at radius 2 is 2.00 bits per heavy atom. The Morgan fingerprint density at radius 1 is 1.26 bits per heavy atom. The van der Waals surface area contributed by atoms with Gasteiger partial charge in [-0.25, -0.2) is 0 Å². The molecule has 3 heterocycles. The SMILES string of the molecule is O=C(NC1CN2CCC1CC2)c1cc(Br)ccc1Br. The largest absolute Gasteiger partial charge is 0.348 e. The Morgan fingerprint density at radius 3 is 2.63 bits per heavy atom. The van der Waals surface area contributed by atoms with Crippen molar-refractivity contribution in [3.05, 3.63) is 32.7 Å². The summed E-state index contributed by atoms with van der Waals surface area (Å²) >= 11 is 6.86. The molecule has 0 aliphatic carbocycles. The zero-order valence-electron chi connectivity index (χ0n) is 10.5. The number of nitrogens with zero attached hydrogens (tertiary/aromatic N) is 1. The average Bonchev–Trinajstić information content (AvgIpc) is 2.43. The minimum absolute atomic E-state index is 0.0203. The van der Waals surface area contributed by atoms with E-state index in [1.165, 1.54) is 25.9 Å². The van der Waals surface area contributed by atoms with E-state index in [1.807, 2.05) is 18.2 Å². The number of fused-ring (bicyclic) bond motifs is 3. The fourth-order valence-corrected chi connectivity index (χ4v) is 3.83. The molecule has 3 fully saturated rings. The molecule has 1 amide bonds. The Labute approximate surface area is 130 Å².